The van der Waals surface area contributed by atoms with Gasteiger partial charge in [0, 0.05) is 0 Å². The predicted molar refractivity (Wildman–Crippen MR) is 85.2 cm³/mol. The van der Waals surface area contributed by atoms with Gasteiger partial charge in [-0.25, -0.2) is 9.78 Å². The first kappa shape index (κ1) is 15.7. The van der Waals surface area contributed by atoms with Gasteiger partial charge in [-0.05, 0) is 12.1 Å². The molecule has 0 saturated heterocycles. The number of hydrogen-bond donors (Lipinski definition) is 2. The zero-order valence-electron chi connectivity index (χ0n) is 12.6. The highest BCUT2D eigenvalue weighted by molar-refractivity contribution is 5.89. The minimum Gasteiger partial charge on any atom is -0.460 e. The predicted octanol–water partition coefficient (Wildman–Crippen LogP) is 0.533. The van der Waals surface area contributed by atoms with Gasteiger partial charge in [0.1, 0.15) is 13.3 Å². The van der Waals surface area contributed by atoms with Gasteiger partial charge in [0.05, 0.1) is 18.5 Å². The second-order valence-electron chi connectivity index (χ2n) is 4.88. The highest BCUT2D eigenvalue weighted by Crippen LogP contribution is 2.06. The van der Waals surface area contributed by atoms with Crippen LogP contribution in [0.3, 0.4) is 0 Å². The van der Waals surface area contributed by atoms with Crippen molar-refractivity contribution in [1.29, 1.82) is 0 Å². The Bertz CT molecular complexity index is 903. The number of aromatic amines is 1. The molecule has 0 radical (unpaired) electrons. The van der Waals surface area contributed by atoms with Gasteiger partial charge in [-0.15, -0.1) is 0 Å². The average Bonchev–Trinajstić information content (AvgIpc) is 2.98. The molecule has 2 aromatic heterocycles. The van der Waals surface area contributed by atoms with Gasteiger partial charge in [-0.1, -0.05) is 18.2 Å². The number of nitrogens with two attached hydrogens (primary N) is 1. The van der Waals surface area contributed by atoms with Gasteiger partial charge in [-0.3, -0.25) is 14.3 Å². The molecule has 0 amide bonds. The Morgan fingerprint density at radius 1 is 1.25 bits per heavy atom. The highest BCUT2D eigenvalue weighted by Gasteiger charge is 2.09. The molecule has 0 spiro atoms. The van der Waals surface area contributed by atoms with E-state index in [1.807, 2.05) is 6.07 Å². The minimum absolute atomic E-state index is 0.00559. The van der Waals surface area contributed by atoms with E-state index in [1.165, 1.54) is 6.33 Å². The molecule has 0 fully saturated rings. The van der Waals surface area contributed by atoms with E-state index in [2.05, 4.69) is 15.0 Å². The van der Waals surface area contributed by atoms with Crippen molar-refractivity contribution in [1.82, 2.24) is 19.5 Å². The maximum Gasteiger partial charge on any atom is 0.338 e. The third-order valence-electron chi connectivity index (χ3n) is 3.19. The van der Waals surface area contributed by atoms with E-state index in [9.17, 15) is 9.59 Å². The molecular formula is C15H15N5O4. The number of nitrogen functional groups attached to an aromatic ring is 1. The van der Waals surface area contributed by atoms with E-state index < -0.39 is 11.5 Å². The van der Waals surface area contributed by atoms with Crippen LogP contribution in [0.5, 0.6) is 0 Å². The molecule has 3 aromatic rings. The summed E-state index contributed by atoms with van der Waals surface area (Å²) < 4.78 is 12.0. The van der Waals surface area contributed by atoms with Gasteiger partial charge in [0.15, 0.2) is 11.2 Å². The number of hydrogen-bond acceptors (Lipinski definition) is 7. The molecule has 0 aliphatic rings. The molecule has 24 heavy (non-hydrogen) atoms. The zero-order valence-corrected chi connectivity index (χ0v) is 12.6. The van der Waals surface area contributed by atoms with Crippen molar-refractivity contribution >= 4 is 23.1 Å². The number of H-pyrrole nitrogens is 1. The molecule has 0 saturated carbocycles. The first-order valence-corrected chi connectivity index (χ1v) is 7.15. The molecule has 0 unspecified atom stereocenters. The fourth-order valence-electron chi connectivity index (χ4n) is 2.08. The lowest BCUT2D eigenvalue weighted by atomic mass is 10.2. The van der Waals surface area contributed by atoms with Crippen LogP contribution in [0.15, 0.2) is 41.5 Å². The summed E-state index contributed by atoms with van der Waals surface area (Å²) >= 11 is 0. The lowest BCUT2D eigenvalue weighted by molar-refractivity contribution is 0.0181. The molecule has 9 heteroatoms. The summed E-state index contributed by atoms with van der Waals surface area (Å²) in [6.07, 6.45) is 1.43. The fourth-order valence-corrected chi connectivity index (χ4v) is 2.08. The number of benzene rings is 1. The van der Waals surface area contributed by atoms with Crippen LogP contribution in [-0.2, 0) is 16.2 Å². The van der Waals surface area contributed by atoms with Crippen LogP contribution in [0.1, 0.15) is 10.4 Å². The van der Waals surface area contributed by atoms with Gasteiger partial charge < -0.3 is 15.2 Å². The van der Waals surface area contributed by atoms with E-state index in [4.69, 9.17) is 15.2 Å². The Balaban J connectivity index is 1.51. The van der Waals surface area contributed by atoms with Crippen molar-refractivity contribution in [3.8, 4) is 0 Å². The molecule has 9 nitrogen and oxygen atoms in total. The summed E-state index contributed by atoms with van der Waals surface area (Å²) in [5.74, 6) is -0.403. The molecule has 3 rings (SSSR count). The summed E-state index contributed by atoms with van der Waals surface area (Å²) in [7, 11) is 0. The summed E-state index contributed by atoms with van der Waals surface area (Å²) in [6.45, 7) is 0.405. The normalized spacial score (nSPS) is 10.8. The molecule has 3 N–H and O–H groups in total. The summed E-state index contributed by atoms with van der Waals surface area (Å²) in [4.78, 5) is 33.7. The van der Waals surface area contributed by atoms with Crippen molar-refractivity contribution in [2.24, 2.45) is 0 Å². The monoisotopic (exact) mass is 329 g/mol. The van der Waals surface area contributed by atoms with Crippen LogP contribution in [0.4, 0.5) is 5.95 Å². The van der Waals surface area contributed by atoms with E-state index in [1.54, 1.807) is 28.8 Å². The lowest BCUT2D eigenvalue weighted by Crippen LogP contribution is -2.14. The Labute approximate surface area is 136 Å². The Kier molecular flexibility index (Phi) is 4.52. The van der Waals surface area contributed by atoms with Gasteiger partial charge in [-0.2, -0.15) is 4.98 Å². The number of nitrogens with one attached hydrogen (secondary N) is 1. The SMILES string of the molecule is Nc1nc2c(ncn2COCCOC(=O)c2ccccc2)c(=O)[nH]1. The molecular weight excluding hydrogens is 314 g/mol. The largest absolute Gasteiger partial charge is 0.460 e. The molecule has 0 aliphatic carbocycles. The molecule has 124 valence electrons. The molecule has 0 bridgehead atoms. The van der Waals surface area contributed by atoms with Crippen molar-refractivity contribution in [2.75, 3.05) is 18.9 Å². The number of aromatic nitrogens is 4. The van der Waals surface area contributed by atoms with Crippen LogP contribution in [0.25, 0.3) is 11.2 Å². The fraction of sp³-hybridized carbons (Fsp3) is 0.200. The minimum atomic E-state index is -0.409. The second-order valence-corrected chi connectivity index (χ2v) is 4.88. The highest BCUT2D eigenvalue weighted by atomic mass is 16.6. The number of anilines is 1. The number of carbonyl (C=O) groups excluding carboxylic acids is 1. The summed E-state index contributed by atoms with van der Waals surface area (Å²) in [5.41, 5.74) is 6.10. The maximum atomic E-state index is 11.7. The van der Waals surface area contributed by atoms with Gasteiger partial charge in [0.25, 0.3) is 5.56 Å². The number of fused-ring (bicyclic) bond motifs is 1. The van der Waals surface area contributed by atoms with Crippen molar-refractivity contribution in [3.63, 3.8) is 0 Å². The number of carbonyl (C=O) groups is 1. The number of rotatable bonds is 6. The van der Waals surface area contributed by atoms with Crippen LogP contribution in [0, 0.1) is 0 Å². The molecule has 0 aliphatic heterocycles. The van der Waals surface area contributed by atoms with Crippen molar-refractivity contribution in [3.05, 3.63) is 52.6 Å². The number of ether oxygens (including phenoxy) is 2. The first-order chi connectivity index (χ1) is 11.6. The van der Waals surface area contributed by atoms with Crippen LogP contribution >= 0.6 is 0 Å². The Hall–Kier alpha value is -3.20. The summed E-state index contributed by atoms with van der Waals surface area (Å²) in [6, 6.07) is 8.69. The first-order valence-electron chi connectivity index (χ1n) is 7.15. The van der Waals surface area contributed by atoms with Gasteiger partial charge in [0.2, 0.25) is 5.95 Å². The topological polar surface area (TPSA) is 125 Å². The number of imidazole rings is 1. The molecule has 0 atom stereocenters. The van der Waals surface area contributed by atoms with E-state index in [-0.39, 0.29) is 31.4 Å². The third-order valence-corrected chi connectivity index (χ3v) is 3.19. The molecule has 2 heterocycles. The lowest BCUT2D eigenvalue weighted by Gasteiger charge is -2.07. The van der Waals surface area contributed by atoms with E-state index in [0.29, 0.717) is 11.2 Å². The van der Waals surface area contributed by atoms with Crippen LogP contribution in [-0.4, -0.2) is 38.7 Å². The van der Waals surface area contributed by atoms with Crippen molar-refractivity contribution < 1.29 is 14.3 Å². The third kappa shape index (κ3) is 3.41. The Morgan fingerprint density at radius 3 is 2.83 bits per heavy atom. The average molecular weight is 329 g/mol. The van der Waals surface area contributed by atoms with E-state index >= 15 is 0 Å². The maximum absolute atomic E-state index is 11.7. The zero-order chi connectivity index (χ0) is 16.9. The molecule has 1 aromatic carbocycles. The second kappa shape index (κ2) is 6.92. The number of esters is 1. The van der Waals surface area contributed by atoms with Crippen molar-refractivity contribution in [2.45, 2.75) is 6.73 Å². The Morgan fingerprint density at radius 2 is 2.04 bits per heavy atom. The van der Waals surface area contributed by atoms with Gasteiger partial charge >= 0.3 is 5.97 Å². The number of nitrogens with zero attached hydrogens (tertiary/aromatic N) is 3. The smallest absolute Gasteiger partial charge is 0.338 e. The van der Waals surface area contributed by atoms with Crippen LogP contribution < -0.4 is 11.3 Å². The van der Waals surface area contributed by atoms with Crippen LogP contribution in [0.2, 0.25) is 0 Å². The van der Waals surface area contributed by atoms with E-state index in [0.717, 1.165) is 0 Å². The standard InChI is InChI=1S/C15H15N5O4/c16-15-18-12-11(13(21)19-15)17-8-20(12)9-23-6-7-24-14(22)10-4-2-1-3-5-10/h1-5,8H,6-7,9H2,(H3,16,18,19,21). The summed E-state index contributed by atoms with van der Waals surface area (Å²) in [5, 5.41) is 0. The quantitative estimate of drug-likeness (QED) is 0.499.